The largest absolute Gasteiger partial charge is 0.497 e. The van der Waals surface area contributed by atoms with E-state index in [2.05, 4.69) is 20.4 Å². The second-order valence-electron chi connectivity index (χ2n) is 5.69. The van der Waals surface area contributed by atoms with E-state index in [4.69, 9.17) is 14.2 Å². The summed E-state index contributed by atoms with van der Waals surface area (Å²) in [5.41, 5.74) is -0.258. The third kappa shape index (κ3) is 4.45. The van der Waals surface area contributed by atoms with E-state index in [1.807, 2.05) is 0 Å². The molecule has 0 spiro atoms. The molecule has 156 valence electrons. The first-order chi connectivity index (χ1) is 13.9. The summed E-state index contributed by atoms with van der Waals surface area (Å²) >= 11 is 0. The van der Waals surface area contributed by atoms with Gasteiger partial charge in [0.25, 0.3) is 0 Å². The average Bonchev–Trinajstić information content (AvgIpc) is 3.17. The van der Waals surface area contributed by atoms with Gasteiger partial charge >= 0.3 is 11.9 Å². The van der Waals surface area contributed by atoms with E-state index in [0.717, 1.165) is 18.9 Å². The number of carbonyl (C=O) groups excluding carboxylic acids is 3. The highest BCUT2D eigenvalue weighted by Gasteiger charge is 2.32. The van der Waals surface area contributed by atoms with Crippen molar-refractivity contribution in [3.05, 3.63) is 29.6 Å². The van der Waals surface area contributed by atoms with Crippen LogP contribution in [0.5, 0.6) is 11.5 Å². The standard InChI is InChI=1S/C18H22N4O7/c1-6-12(16(23)19-11-9-10(26-2)7-8-13(11)27-3)22-15(18(25)29-5)14(20-21-22)17(24)28-4/h7-9,12H,6H2,1-5H3,(H,19,23)/t12-/m0/s1. The van der Waals surface area contributed by atoms with Crippen molar-refractivity contribution in [2.75, 3.05) is 33.8 Å². The van der Waals surface area contributed by atoms with Crippen molar-refractivity contribution in [1.82, 2.24) is 15.0 Å². The third-order valence-electron chi connectivity index (χ3n) is 4.10. The number of hydrogen-bond donors (Lipinski definition) is 1. The number of anilines is 1. The first-order valence-electron chi connectivity index (χ1n) is 8.56. The molecule has 0 radical (unpaired) electrons. The summed E-state index contributed by atoms with van der Waals surface area (Å²) in [5, 5.41) is 10.2. The highest BCUT2D eigenvalue weighted by molar-refractivity contribution is 6.01. The van der Waals surface area contributed by atoms with E-state index < -0.39 is 23.9 Å². The number of rotatable bonds is 8. The summed E-state index contributed by atoms with van der Waals surface area (Å²) in [6, 6.07) is 3.94. The van der Waals surface area contributed by atoms with E-state index >= 15 is 0 Å². The number of methoxy groups -OCH3 is 4. The molecule has 11 nitrogen and oxygen atoms in total. The Balaban J connectivity index is 2.44. The molecule has 0 fully saturated rings. The molecule has 1 amide bonds. The maximum atomic E-state index is 13.0. The van der Waals surface area contributed by atoms with Gasteiger partial charge in [0.2, 0.25) is 11.6 Å². The Kier molecular flexibility index (Phi) is 7.12. The SMILES string of the molecule is CC[C@@H](C(=O)Nc1cc(OC)ccc1OC)n1nnc(C(=O)OC)c1C(=O)OC. The number of nitrogens with one attached hydrogen (secondary N) is 1. The number of benzene rings is 1. The molecule has 0 aliphatic carbocycles. The second-order valence-corrected chi connectivity index (χ2v) is 5.69. The fraction of sp³-hybridized carbons (Fsp3) is 0.389. The first-order valence-corrected chi connectivity index (χ1v) is 8.56. The maximum Gasteiger partial charge on any atom is 0.361 e. The third-order valence-corrected chi connectivity index (χ3v) is 4.10. The lowest BCUT2D eigenvalue weighted by atomic mass is 10.1. The minimum absolute atomic E-state index is 0.242. The van der Waals surface area contributed by atoms with Crippen molar-refractivity contribution < 1.29 is 33.3 Å². The highest BCUT2D eigenvalue weighted by atomic mass is 16.5. The van der Waals surface area contributed by atoms with Crippen LogP contribution in [0.4, 0.5) is 5.69 Å². The first kappa shape index (κ1) is 21.7. The Morgan fingerprint density at radius 3 is 2.31 bits per heavy atom. The van der Waals surface area contributed by atoms with E-state index in [9.17, 15) is 14.4 Å². The number of esters is 2. The lowest BCUT2D eigenvalue weighted by Gasteiger charge is -2.18. The average molecular weight is 406 g/mol. The number of hydrogen-bond acceptors (Lipinski definition) is 9. The zero-order chi connectivity index (χ0) is 21.6. The van der Waals surface area contributed by atoms with Crippen LogP contribution < -0.4 is 14.8 Å². The molecular weight excluding hydrogens is 384 g/mol. The van der Waals surface area contributed by atoms with Crippen LogP contribution in [0.2, 0.25) is 0 Å². The van der Waals surface area contributed by atoms with Crippen LogP contribution in [-0.4, -0.2) is 61.3 Å². The van der Waals surface area contributed by atoms with Crippen molar-refractivity contribution in [3.63, 3.8) is 0 Å². The van der Waals surface area contributed by atoms with Crippen LogP contribution in [0, 0.1) is 0 Å². The van der Waals surface area contributed by atoms with Gasteiger partial charge in [-0.05, 0) is 18.6 Å². The number of nitrogens with zero attached hydrogens (tertiary/aromatic N) is 3. The lowest BCUT2D eigenvalue weighted by molar-refractivity contribution is -0.119. The monoisotopic (exact) mass is 406 g/mol. The Labute approximate surface area is 166 Å². The highest BCUT2D eigenvalue weighted by Crippen LogP contribution is 2.30. The minimum atomic E-state index is -0.967. The van der Waals surface area contributed by atoms with Gasteiger partial charge in [0.1, 0.15) is 17.5 Å². The molecule has 0 bridgehead atoms. The van der Waals surface area contributed by atoms with Crippen LogP contribution in [0.15, 0.2) is 18.2 Å². The molecule has 2 rings (SSSR count). The van der Waals surface area contributed by atoms with Gasteiger partial charge in [-0.2, -0.15) is 0 Å². The van der Waals surface area contributed by atoms with Crippen molar-refractivity contribution in [3.8, 4) is 11.5 Å². The molecule has 1 heterocycles. The molecule has 29 heavy (non-hydrogen) atoms. The Morgan fingerprint density at radius 2 is 1.76 bits per heavy atom. The Morgan fingerprint density at radius 1 is 1.07 bits per heavy atom. The summed E-state index contributed by atoms with van der Waals surface area (Å²) in [5.74, 6) is -1.33. The summed E-state index contributed by atoms with van der Waals surface area (Å²) < 4.78 is 20.8. The molecule has 0 saturated heterocycles. The molecule has 1 aromatic heterocycles. The van der Waals surface area contributed by atoms with Gasteiger partial charge in [0.05, 0.1) is 34.1 Å². The van der Waals surface area contributed by atoms with Crippen molar-refractivity contribution in [2.24, 2.45) is 0 Å². The van der Waals surface area contributed by atoms with Crippen molar-refractivity contribution in [1.29, 1.82) is 0 Å². The molecule has 0 saturated carbocycles. The van der Waals surface area contributed by atoms with Gasteiger partial charge in [0, 0.05) is 6.07 Å². The second kappa shape index (κ2) is 9.53. The normalized spacial score (nSPS) is 11.3. The fourth-order valence-electron chi connectivity index (χ4n) is 2.63. The van der Waals surface area contributed by atoms with Gasteiger partial charge in [-0.25, -0.2) is 14.3 Å². The van der Waals surface area contributed by atoms with Crippen LogP contribution in [-0.2, 0) is 14.3 Å². The number of ether oxygens (including phenoxy) is 4. The molecule has 0 aliphatic rings. The van der Waals surface area contributed by atoms with Crippen LogP contribution in [0.3, 0.4) is 0 Å². The molecule has 1 atom stereocenters. The fourth-order valence-corrected chi connectivity index (χ4v) is 2.63. The van der Waals surface area contributed by atoms with Gasteiger partial charge in [0.15, 0.2) is 5.69 Å². The molecule has 0 unspecified atom stereocenters. The summed E-state index contributed by atoms with van der Waals surface area (Å²) in [6.07, 6.45) is 0.242. The predicted molar refractivity (Wildman–Crippen MR) is 100 cm³/mol. The van der Waals surface area contributed by atoms with Gasteiger partial charge in [-0.15, -0.1) is 5.10 Å². The van der Waals surface area contributed by atoms with E-state index in [1.165, 1.54) is 14.2 Å². The molecule has 1 N–H and O–H groups in total. The number of amides is 1. The zero-order valence-electron chi connectivity index (χ0n) is 16.7. The molecular formula is C18H22N4O7. The lowest BCUT2D eigenvalue weighted by Crippen LogP contribution is -2.29. The predicted octanol–water partition coefficient (Wildman–Crippen LogP) is 1.46. The van der Waals surface area contributed by atoms with Gasteiger partial charge in [-0.3, -0.25) is 4.79 Å². The van der Waals surface area contributed by atoms with Gasteiger partial charge in [-0.1, -0.05) is 12.1 Å². The van der Waals surface area contributed by atoms with Crippen molar-refractivity contribution >= 4 is 23.5 Å². The quantitative estimate of drug-likeness (QED) is 0.647. The maximum absolute atomic E-state index is 13.0. The van der Waals surface area contributed by atoms with E-state index in [1.54, 1.807) is 25.1 Å². The van der Waals surface area contributed by atoms with Crippen molar-refractivity contribution in [2.45, 2.75) is 19.4 Å². The van der Waals surface area contributed by atoms with E-state index in [-0.39, 0.29) is 17.8 Å². The van der Waals surface area contributed by atoms with Crippen LogP contribution >= 0.6 is 0 Å². The molecule has 11 heteroatoms. The number of aromatic nitrogens is 3. The Hall–Kier alpha value is -3.63. The topological polar surface area (TPSA) is 131 Å². The smallest absolute Gasteiger partial charge is 0.361 e. The molecule has 1 aromatic carbocycles. The molecule has 0 aliphatic heterocycles. The van der Waals surface area contributed by atoms with E-state index in [0.29, 0.717) is 17.2 Å². The van der Waals surface area contributed by atoms with Gasteiger partial charge < -0.3 is 24.3 Å². The summed E-state index contributed by atoms with van der Waals surface area (Å²) in [4.78, 5) is 37.1. The number of carbonyl (C=O) groups is 3. The molecule has 2 aromatic rings. The summed E-state index contributed by atoms with van der Waals surface area (Å²) in [6.45, 7) is 1.72. The van der Waals surface area contributed by atoms with Crippen LogP contribution in [0.1, 0.15) is 40.4 Å². The van der Waals surface area contributed by atoms with Crippen LogP contribution in [0.25, 0.3) is 0 Å². The summed E-state index contributed by atoms with van der Waals surface area (Å²) in [7, 11) is 5.24. The zero-order valence-corrected chi connectivity index (χ0v) is 16.7. The Bertz CT molecular complexity index is 910. The minimum Gasteiger partial charge on any atom is -0.497 e.